The molecule has 9 heteroatoms. The van der Waals surface area contributed by atoms with Crippen LogP contribution in [-0.4, -0.2) is 12.5 Å². The zero-order valence-corrected chi connectivity index (χ0v) is 15.0. The number of rotatable bonds is 4. The number of hydrogen-bond acceptors (Lipinski definition) is 4. The second kappa shape index (κ2) is 7.56. The number of halogens is 4. The first-order valence-electron chi connectivity index (χ1n) is 8.12. The first-order chi connectivity index (χ1) is 12.8. The summed E-state index contributed by atoms with van der Waals surface area (Å²) in [7, 11) is 0. The maximum Gasteiger partial charge on any atom is 0.262 e. The lowest BCUT2D eigenvalue weighted by atomic mass is 9.89. The smallest absolute Gasteiger partial charge is 0.262 e. The summed E-state index contributed by atoms with van der Waals surface area (Å²) in [6.45, 7) is 1.22. The van der Waals surface area contributed by atoms with Crippen LogP contribution in [0.3, 0.4) is 0 Å². The van der Waals surface area contributed by atoms with Gasteiger partial charge in [-0.15, -0.1) is 11.3 Å². The highest BCUT2D eigenvalue weighted by Gasteiger charge is 2.25. The number of carbonyl (C=O) groups is 1. The summed E-state index contributed by atoms with van der Waals surface area (Å²) in [5.74, 6) is -8.33. The maximum absolute atomic E-state index is 13.6. The van der Waals surface area contributed by atoms with Crippen molar-refractivity contribution in [3.05, 3.63) is 45.3 Å². The number of nitrogens with zero attached hydrogens (tertiary/aromatic N) is 1. The first-order valence-corrected chi connectivity index (χ1v) is 8.93. The summed E-state index contributed by atoms with van der Waals surface area (Å²) in [5, 5.41) is 12.2. The predicted molar refractivity (Wildman–Crippen MR) is 90.6 cm³/mol. The van der Waals surface area contributed by atoms with Gasteiger partial charge in [0.2, 0.25) is 11.6 Å². The van der Waals surface area contributed by atoms with Crippen LogP contribution >= 0.6 is 11.3 Å². The summed E-state index contributed by atoms with van der Waals surface area (Å²) in [5.41, 5.74) is 1.27. The lowest BCUT2D eigenvalue weighted by molar-refractivity contribution is -0.118. The number of fused-ring (bicyclic) bond motifs is 1. The van der Waals surface area contributed by atoms with Gasteiger partial charge in [0.15, 0.2) is 24.0 Å². The molecule has 1 heterocycles. The van der Waals surface area contributed by atoms with E-state index in [2.05, 4.69) is 23.0 Å². The van der Waals surface area contributed by atoms with Crippen LogP contribution in [0.5, 0.6) is 5.75 Å². The number of benzene rings is 1. The Morgan fingerprint density at radius 3 is 2.63 bits per heavy atom. The van der Waals surface area contributed by atoms with Crippen molar-refractivity contribution in [3.63, 3.8) is 0 Å². The van der Waals surface area contributed by atoms with Gasteiger partial charge in [-0.25, -0.2) is 8.78 Å². The molecule has 27 heavy (non-hydrogen) atoms. The second-order valence-corrected chi connectivity index (χ2v) is 7.41. The Kier molecular flexibility index (Phi) is 5.37. The number of thiophene rings is 1. The summed E-state index contributed by atoms with van der Waals surface area (Å²) in [6.07, 6.45) is 2.49. The number of nitrogens with one attached hydrogen (secondary N) is 1. The molecule has 2 aromatic rings. The van der Waals surface area contributed by atoms with E-state index in [0.717, 1.165) is 29.7 Å². The van der Waals surface area contributed by atoms with Crippen LogP contribution in [-0.2, 0) is 17.6 Å². The molecule has 3 rings (SSSR count). The third-order valence-electron chi connectivity index (χ3n) is 4.30. The Bertz CT molecular complexity index is 926. The summed E-state index contributed by atoms with van der Waals surface area (Å²) in [4.78, 5) is 13.1. The highest BCUT2D eigenvalue weighted by molar-refractivity contribution is 7.16. The Hall–Kier alpha value is -2.60. The molecule has 0 aliphatic heterocycles. The fraction of sp³-hybridized carbons (Fsp3) is 0.333. The van der Waals surface area contributed by atoms with Crippen molar-refractivity contribution in [2.45, 2.75) is 26.2 Å². The third-order valence-corrected chi connectivity index (χ3v) is 5.47. The third kappa shape index (κ3) is 3.76. The van der Waals surface area contributed by atoms with E-state index in [1.807, 2.05) is 0 Å². The van der Waals surface area contributed by atoms with Crippen molar-refractivity contribution in [1.29, 1.82) is 5.26 Å². The first kappa shape index (κ1) is 19.2. The molecule has 0 fully saturated rings. The van der Waals surface area contributed by atoms with E-state index in [9.17, 15) is 27.6 Å². The molecule has 1 aromatic heterocycles. The van der Waals surface area contributed by atoms with E-state index in [4.69, 9.17) is 0 Å². The van der Waals surface area contributed by atoms with Crippen LogP contribution < -0.4 is 10.1 Å². The summed E-state index contributed by atoms with van der Waals surface area (Å²) < 4.78 is 58.0. The zero-order chi connectivity index (χ0) is 19.7. The minimum Gasteiger partial charge on any atom is -0.477 e. The molecule has 0 radical (unpaired) electrons. The van der Waals surface area contributed by atoms with Gasteiger partial charge in [-0.05, 0) is 30.7 Å². The molecule has 1 atom stereocenters. The maximum atomic E-state index is 13.6. The van der Waals surface area contributed by atoms with Gasteiger partial charge in [0.1, 0.15) is 11.1 Å². The van der Waals surface area contributed by atoms with Gasteiger partial charge in [0.25, 0.3) is 5.91 Å². The predicted octanol–water partition coefficient (Wildman–Crippen LogP) is 4.32. The lowest BCUT2D eigenvalue weighted by Crippen LogP contribution is -2.21. The molecule has 0 bridgehead atoms. The molecule has 1 N–H and O–H groups in total. The number of ether oxygens (including phenoxy) is 1. The van der Waals surface area contributed by atoms with E-state index < -0.39 is 41.5 Å². The lowest BCUT2D eigenvalue weighted by Gasteiger charge is -2.17. The van der Waals surface area contributed by atoms with Crippen molar-refractivity contribution < 1.29 is 27.1 Å². The molecule has 1 aromatic carbocycles. The standard InChI is InChI=1S/C18H14F4N2O2S/c1-8-2-3-9-10(6-23)18(27-13(9)4-8)24-14(25)7-26-17-15(21)11(19)5-12(20)16(17)22/h5,8H,2-4,7H2,1H3,(H,24,25). The van der Waals surface area contributed by atoms with Crippen molar-refractivity contribution >= 4 is 22.2 Å². The summed E-state index contributed by atoms with van der Waals surface area (Å²) in [6, 6.07) is 2.12. The van der Waals surface area contributed by atoms with E-state index in [1.165, 1.54) is 11.3 Å². The van der Waals surface area contributed by atoms with Crippen molar-refractivity contribution in [2.24, 2.45) is 5.92 Å². The molecular formula is C18H14F4N2O2S. The molecule has 4 nitrogen and oxygen atoms in total. The average molecular weight is 398 g/mol. The molecule has 1 aliphatic carbocycles. The van der Waals surface area contributed by atoms with Crippen LogP contribution in [0.1, 0.15) is 29.3 Å². The quantitative estimate of drug-likeness (QED) is 0.616. The molecule has 0 saturated carbocycles. The normalized spacial score (nSPS) is 15.8. The second-order valence-electron chi connectivity index (χ2n) is 6.30. The molecule has 0 spiro atoms. The molecular weight excluding hydrogens is 384 g/mol. The number of nitriles is 1. The van der Waals surface area contributed by atoms with Gasteiger partial charge in [-0.2, -0.15) is 14.0 Å². The average Bonchev–Trinajstić information content (AvgIpc) is 2.95. The molecule has 1 aliphatic rings. The SMILES string of the molecule is CC1CCc2c(sc(NC(=O)COc3c(F)c(F)cc(F)c3F)c2C#N)C1. The van der Waals surface area contributed by atoms with Crippen molar-refractivity contribution in [3.8, 4) is 11.8 Å². The van der Waals surface area contributed by atoms with Gasteiger partial charge in [-0.1, -0.05) is 6.92 Å². The minimum absolute atomic E-state index is 0.0496. The number of hydrogen-bond donors (Lipinski definition) is 1. The van der Waals surface area contributed by atoms with Crippen molar-refractivity contribution in [2.75, 3.05) is 11.9 Å². The van der Waals surface area contributed by atoms with Crippen LogP contribution in [0.2, 0.25) is 0 Å². The summed E-state index contributed by atoms with van der Waals surface area (Å²) >= 11 is 1.27. The minimum atomic E-state index is -1.72. The topological polar surface area (TPSA) is 62.1 Å². The van der Waals surface area contributed by atoms with Crippen LogP contribution in [0.15, 0.2) is 6.07 Å². The Morgan fingerprint density at radius 2 is 2.00 bits per heavy atom. The fourth-order valence-corrected chi connectivity index (χ4v) is 4.31. The van der Waals surface area contributed by atoms with Crippen LogP contribution in [0.4, 0.5) is 22.6 Å². The van der Waals surface area contributed by atoms with Crippen LogP contribution in [0.25, 0.3) is 0 Å². The van der Waals surface area contributed by atoms with Gasteiger partial charge >= 0.3 is 0 Å². The molecule has 142 valence electrons. The van der Waals surface area contributed by atoms with E-state index in [1.54, 1.807) is 0 Å². The van der Waals surface area contributed by atoms with Gasteiger partial charge in [-0.3, -0.25) is 4.79 Å². The number of amides is 1. The van der Waals surface area contributed by atoms with Crippen molar-refractivity contribution in [1.82, 2.24) is 0 Å². The highest BCUT2D eigenvalue weighted by Crippen LogP contribution is 2.39. The van der Waals surface area contributed by atoms with Gasteiger partial charge in [0, 0.05) is 10.9 Å². The Balaban J connectivity index is 1.74. The largest absolute Gasteiger partial charge is 0.477 e. The Labute approximate surface area is 156 Å². The number of carbonyl (C=O) groups excluding carboxylic acids is 1. The zero-order valence-electron chi connectivity index (χ0n) is 14.2. The molecule has 0 saturated heterocycles. The molecule has 1 amide bonds. The molecule has 1 unspecified atom stereocenters. The van der Waals surface area contributed by atoms with E-state index in [0.29, 0.717) is 16.5 Å². The van der Waals surface area contributed by atoms with Gasteiger partial charge in [0.05, 0.1) is 5.56 Å². The van der Waals surface area contributed by atoms with E-state index >= 15 is 0 Å². The Morgan fingerprint density at radius 1 is 1.33 bits per heavy atom. The van der Waals surface area contributed by atoms with Gasteiger partial charge < -0.3 is 10.1 Å². The highest BCUT2D eigenvalue weighted by atomic mass is 32.1. The van der Waals surface area contributed by atoms with E-state index in [-0.39, 0.29) is 6.07 Å². The fourth-order valence-electron chi connectivity index (χ4n) is 2.94. The van der Waals surface area contributed by atoms with Crippen LogP contribution in [0, 0.1) is 40.5 Å². The monoisotopic (exact) mass is 398 g/mol. The number of anilines is 1.